The molecule has 2 fully saturated rings. The molecule has 0 radical (unpaired) electrons. The first-order chi connectivity index (χ1) is 14.5. The van der Waals surface area contributed by atoms with Crippen LogP contribution < -0.4 is 0 Å². The number of hydrogen-bond acceptors (Lipinski definition) is 4. The highest BCUT2D eigenvalue weighted by molar-refractivity contribution is 6.32. The van der Waals surface area contributed by atoms with E-state index in [9.17, 15) is 14.9 Å². The third-order valence-corrected chi connectivity index (χ3v) is 6.99. The van der Waals surface area contributed by atoms with E-state index in [1.807, 2.05) is 11.0 Å². The lowest BCUT2D eigenvalue weighted by molar-refractivity contribution is -0.384. The summed E-state index contributed by atoms with van der Waals surface area (Å²) in [5.41, 5.74) is 1.78. The predicted molar refractivity (Wildman–Crippen MR) is 117 cm³/mol. The Morgan fingerprint density at radius 2 is 1.63 bits per heavy atom. The van der Waals surface area contributed by atoms with Gasteiger partial charge in [0.1, 0.15) is 5.02 Å². The molecule has 1 spiro atoms. The van der Waals surface area contributed by atoms with Crippen LogP contribution in [0, 0.1) is 15.5 Å². The molecule has 2 aliphatic heterocycles. The first-order valence-electron chi connectivity index (χ1n) is 10.5. The van der Waals surface area contributed by atoms with Crippen LogP contribution in [-0.4, -0.2) is 46.8 Å². The van der Waals surface area contributed by atoms with Crippen LogP contribution >= 0.6 is 11.6 Å². The third kappa shape index (κ3) is 4.50. The van der Waals surface area contributed by atoms with Gasteiger partial charge >= 0.3 is 0 Å². The van der Waals surface area contributed by atoms with Crippen molar-refractivity contribution in [1.29, 1.82) is 0 Å². The molecule has 30 heavy (non-hydrogen) atoms. The van der Waals surface area contributed by atoms with E-state index in [-0.39, 0.29) is 16.6 Å². The lowest BCUT2D eigenvalue weighted by Gasteiger charge is -2.47. The minimum absolute atomic E-state index is 0.0522. The number of benzene rings is 2. The highest BCUT2D eigenvalue weighted by Gasteiger charge is 2.38. The van der Waals surface area contributed by atoms with Crippen LogP contribution in [0.5, 0.6) is 0 Å². The monoisotopic (exact) mass is 427 g/mol. The highest BCUT2D eigenvalue weighted by atomic mass is 35.5. The standard InChI is InChI=1S/C23H26ClN3O3/c24-20-7-6-19(16-21(20)27(29)30)22(28)26-14-10-23(11-15-26)8-12-25(13-9-23)17-18-4-2-1-3-5-18/h1-7,16H,8-15,17H2. The van der Waals surface area contributed by atoms with Gasteiger partial charge in [-0.3, -0.25) is 19.8 Å². The number of nitrogens with zero attached hydrogens (tertiary/aromatic N) is 3. The molecule has 2 heterocycles. The van der Waals surface area contributed by atoms with Crippen LogP contribution in [0.15, 0.2) is 48.5 Å². The second-order valence-corrected chi connectivity index (χ2v) is 8.88. The van der Waals surface area contributed by atoms with Crippen LogP contribution in [0.2, 0.25) is 5.02 Å². The number of amides is 1. The summed E-state index contributed by atoms with van der Waals surface area (Å²) in [6.07, 6.45) is 4.31. The Kier molecular flexibility index (Phi) is 6.06. The number of halogens is 1. The van der Waals surface area contributed by atoms with Crippen molar-refractivity contribution < 1.29 is 9.72 Å². The Labute approximate surface area is 181 Å². The summed E-state index contributed by atoms with van der Waals surface area (Å²) < 4.78 is 0. The van der Waals surface area contributed by atoms with Crippen LogP contribution in [0.25, 0.3) is 0 Å². The number of likely N-dealkylation sites (tertiary alicyclic amines) is 2. The minimum atomic E-state index is -0.548. The SMILES string of the molecule is O=C(c1ccc(Cl)c([N+](=O)[O-])c1)N1CCC2(CCN(Cc3ccccc3)CC2)CC1. The summed E-state index contributed by atoms with van der Waals surface area (Å²) in [6.45, 7) is 4.58. The van der Waals surface area contributed by atoms with Crippen molar-refractivity contribution in [3.63, 3.8) is 0 Å². The van der Waals surface area contributed by atoms with Crippen molar-refractivity contribution in [2.45, 2.75) is 32.2 Å². The number of carbonyl (C=O) groups is 1. The molecule has 4 rings (SSSR count). The summed E-state index contributed by atoms with van der Waals surface area (Å²) in [6, 6.07) is 14.9. The summed E-state index contributed by atoms with van der Waals surface area (Å²) in [7, 11) is 0. The number of nitro benzene ring substituents is 1. The molecule has 2 saturated heterocycles. The predicted octanol–water partition coefficient (Wildman–Crippen LogP) is 4.77. The maximum atomic E-state index is 12.9. The average Bonchev–Trinajstić information content (AvgIpc) is 2.76. The number of rotatable bonds is 4. The molecule has 0 unspecified atom stereocenters. The average molecular weight is 428 g/mol. The number of nitro groups is 1. The molecule has 7 heteroatoms. The Morgan fingerprint density at radius 3 is 2.27 bits per heavy atom. The second kappa shape index (κ2) is 8.74. The molecule has 0 N–H and O–H groups in total. The summed E-state index contributed by atoms with van der Waals surface area (Å²) in [5, 5.41) is 11.2. The van der Waals surface area contributed by atoms with Gasteiger partial charge in [0.15, 0.2) is 0 Å². The van der Waals surface area contributed by atoms with Crippen LogP contribution in [0.4, 0.5) is 5.69 Å². The van der Waals surface area contributed by atoms with E-state index in [0.29, 0.717) is 24.1 Å². The van der Waals surface area contributed by atoms with Gasteiger partial charge in [0.25, 0.3) is 11.6 Å². The second-order valence-electron chi connectivity index (χ2n) is 8.48. The minimum Gasteiger partial charge on any atom is -0.339 e. The van der Waals surface area contributed by atoms with Gasteiger partial charge in [0, 0.05) is 31.3 Å². The molecular weight excluding hydrogens is 402 g/mol. The van der Waals surface area contributed by atoms with Gasteiger partial charge in [-0.2, -0.15) is 0 Å². The molecule has 1 amide bonds. The van der Waals surface area contributed by atoms with Crippen LogP contribution in [0.3, 0.4) is 0 Å². The molecule has 0 bridgehead atoms. The first-order valence-corrected chi connectivity index (χ1v) is 10.8. The fourth-order valence-electron chi connectivity index (χ4n) is 4.68. The normalized spacial score (nSPS) is 19.0. The van der Waals surface area contributed by atoms with Crippen molar-refractivity contribution in [3.8, 4) is 0 Å². The largest absolute Gasteiger partial charge is 0.339 e. The number of hydrogen-bond donors (Lipinski definition) is 0. The smallest absolute Gasteiger partial charge is 0.288 e. The van der Waals surface area contributed by atoms with Gasteiger partial charge in [-0.15, -0.1) is 0 Å². The van der Waals surface area contributed by atoms with Crippen molar-refractivity contribution in [1.82, 2.24) is 9.80 Å². The third-order valence-electron chi connectivity index (χ3n) is 6.67. The zero-order valence-electron chi connectivity index (χ0n) is 16.9. The summed E-state index contributed by atoms with van der Waals surface area (Å²) in [4.78, 5) is 27.8. The van der Waals surface area contributed by atoms with E-state index in [2.05, 4.69) is 29.2 Å². The van der Waals surface area contributed by atoms with Crippen molar-refractivity contribution in [2.24, 2.45) is 5.41 Å². The van der Waals surface area contributed by atoms with Gasteiger partial charge in [0.2, 0.25) is 0 Å². The van der Waals surface area contributed by atoms with Gasteiger partial charge in [0.05, 0.1) is 4.92 Å². The molecule has 158 valence electrons. The van der Waals surface area contributed by atoms with Gasteiger partial charge in [-0.05, 0) is 61.9 Å². The Hall–Kier alpha value is -2.44. The number of piperidine rings is 2. The molecule has 0 aliphatic carbocycles. The van der Waals surface area contributed by atoms with Crippen molar-refractivity contribution in [2.75, 3.05) is 26.2 Å². The lowest BCUT2D eigenvalue weighted by Crippen LogP contribution is -2.48. The topological polar surface area (TPSA) is 66.7 Å². The fourth-order valence-corrected chi connectivity index (χ4v) is 4.87. The van der Waals surface area contributed by atoms with E-state index in [4.69, 9.17) is 11.6 Å². The summed E-state index contributed by atoms with van der Waals surface area (Å²) >= 11 is 5.87. The molecular formula is C23H26ClN3O3. The quantitative estimate of drug-likeness (QED) is 0.520. The van der Waals surface area contributed by atoms with E-state index >= 15 is 0 Å². The molecule has 0 atom stereocenters. The Morgan fingerprint density at radius 1 is 1.00 bits per heavy atom. The molecule has 2 aliphatic rings. The summed E-state index contributed by atoms with van der Waals surface area (Å²) in [5.74, 6) is -0.147. The molecule has 2 aromatic rings. The molecule has 0 saturated carbocycles. The zero-order valence-corrected chi connectivity index (χ0v) is 17.7. The van der Waals surface area contributed by atoms with Crippen LogP contribution in [-0.2, 0) is 6.54 Å². The zero-order chi connectivity index (χ0) is 21.1. The van der Waals surface area contributed by atoms with E-state index in [1.165, 1.54) is 17.7 Å². The van der Waals surface area contributed by atoms with Gasteiger partial charge in [-0.1, -0.05) is 41.9 Å². The fraction of sp³-hybridized carbons (Fsp3) is 0.435. The lowest BCUT2D eigenvalue weighted by atomic mass is 9.71. The maximum absolute atomic E-state index is 12.9. The van der Waals surface area contributed by atoms with Crippen molar-refractivity contribution >= 4 is 23.2 Å². The number of carbonyl (C=O) groups excluding carboxylic acids is 1. The Bertz CT molecular complexity index is 917. The van der Waals surface area contributed by atoms with Gasteiger partial charge < -0.3 is 4.90 Å². The maximum Gasteiger partial charge on any atom is 0.288 e. The first kappa shape index (κ1) is 20.8. The van der Waals surface area contributed by atoms with E-state index < -0.39 is 4.92 Å². The Balaban J connectivity index is 1.32. The molecule has 2 aromatic carbocycles. The molecule has 0 aromatic heterocycles. The molecule has 6 nitrogen and oxygen atoms in total. The van der Waals surface area contributed by atoms with E-state index in [1.54, 1.807) is 6.07 Å². The van der Waals surface area contributed by atoms with E-state index in [0.717, 1.165) is 45.3 Å². The highest BCUT2D eigenvalue weighted by Crippen LogP contribution is 2.41. The van der Waals surface area contributed by atoms with Crippen LogP contribution in [0.1, 0.15) is 41.6 Å². The van der Waals surface area contributed by atoms with Gasteiger partial charge in [-0.25, -0.2) is 0 Å². The van der Waals surface area contributed by atoms with Crippen molar-refractivity contribution in [3.05, 3.63) is 74.8 Å².